The maximum atomic E-state index is 13.0. The number of oxazole rings is 1. The van der Waals surface area contributed by atoms with Crippen molar-refractivity contribution in [1.82, 2.24) is 13.8 Å². The van der Waals surface area contributed by atoms with E-state index in [-0.39, 0.29) is 29.5 Å². The van der Waals surface area contributed by atoms with E-state index in [9.17, 15) is 18.0 Å². The molecule has 1 fully saturated rings. The molecule has 2 aromatic carbocycles. The van der Waals surface area contributed by atoms with Crippen molar-refractivity contribution >= 4 is 27.0 Å². The van der Waals surface area contributed by atoms with Crippen molar-refractivity contribution < 1.29 is 17.6 Å². The lowest BCUT2D eigenvalue weighted by Gasteiger charge is -2.34. The number of amides is 1. The Hall–Kier alpha value is -2.91. The SMILES string of the molecule is Cc1cccc(C(=O)N2CCN(S(=O)(=O)c3ccc4c(c3)oc(=O)n4C)CC2)c1. The maximum absolute atomic E-state index is 13.0. The molecule has 4 rings (SSSR count). The molecule has 0 aliphatic carbocycles. The van der Waals surface area contributed by atoms with E-state index in [1.807, 2.05) is 25.1 Å². The summed E-state index contributed by atoms with van der Waals surface area (Å²) in [5.74, 6) is -0.643. The third-order valence-corrected chi connectivity index (χ3v) is 7.09. The molecule has 9 heteroatoms. The van der Waals surface area contributed by atoms with Crippen LogP contribution in [0.4, 0.5) is 0 Å². The van der Waals surface area contributed by atoms with Crippen molar-refractivity contribution in [3.63, 3.8) is 0 Å². The van der Waals surface area contributed by atoms with Crippen LogP contribution in [0, 0.1) is 6.92 Å². The van der Waals surface area contributed by atoms with Crippen LogP contribution in [0.5, 0.6) is 0 Å². The summed E-state index contributed by atoms with van der Waals surface area (Å²) in [4.78, 5) is 26.0. The number of sulfonamides is 1. The molecule has 0 atom stereocenters. The van der Waals surface area contributed by atoms with Crippen molar-refractivity contribution in [2.45, 2.75) is 11.8 Å². The van der Waals surface area contributed by atoms with Crippen molar-refractivity contribution in [1.29, 1.82) is 0 Å². The van der Waals surface area contributed by atoms with E-state index in [1.165, 1.54) is 21.0 Å². The topological polar surface area (TPSA) is 92.8 Å². The van der Waals surface area contributed by atoms with Crippen LogP contribution in [0.15, 0.2) is 56.6 Å². The molecule has 1 aromatic heterocycles. The molecule has 152 valence electrons. The predicted octanol–water partition coefficient (Wildman–Crippen LogP) is 1.59. The normalized spacial score (nSPS) is 15.7. The molecule has 0 N–H and O–H groups in total. The number of fused-ring (bicyclic) bond motifs is 1. The molecule has 29 heavy (non-hydrogen) atoms. The number of rotatable bonds is 3. The number of piperazine rings is 1. The number of aromatic nitrogens is 1. The molecule has 3 aromatic rings. The largest absolute Gasteiger partial charge is 0.419 e. The summed E-state index contributed by atoms with van der Waals surface area (Å²) in [6.45, 7) is 2.96. The van der Waals surface area contributed by atoms with Crippen LogP contribution < -0.4 is 5.76 Å². The summed E-state index contributed by atoms with van der Waals surface area (Å²) in [5, 5.41) is 0. The molecule has 1 amide bonds. The fraction of sp³-hybridized carbons (Fsp3) is 0.300. The summed E-state index contributed by atoms with van der Waals surface area (Å²) in [5.41, 5.74) is 2.36. The Morgan fingerprint density at radius 1 is 1.03 bits per heavy atom. The molecular formula is C20H21N3O5S. The average Bonchev–Trinajstić information content (AvgIpc) is 3.00. The highest BCUT2D eigenvalue weighted by atomic mass is 32.2. The van der Waals surface area contributed by atoms with Gasteiger partial charge in [0.1, 0.15) is 0 Å². The highest BCUT2D eigenvalue weighted by Gasteiger charge is 2.31. The van der Waals surface area contributed by atoms with Gasteiger partial charge in [0.2, 0.25) is 10.0 Å². The third kappa shape index (κ3) is 3.47. The van der Waals surface area contributed by atoms with Gasteiger partial charge in [-0.3, -0.25) is 9.36 Å². The smallest absolute Gasteiger partial charge is 0.408 e. The second-order valence-electron chi connectivity index (χ2n) is 7.12. The fourth-order valence-electron chi connectivity index (χ4n) is 3.52. The number of carbonyl (C=O) groups excluding carboxylic acids is 1. The zero-order valence-electron chi connectivity index (χ0n) is 16.2. The molecule has 8 nitrogen and oxygen atoms in total. The molecule has 2 heterocycles. The molecule has 1 aliphatic rings. The first kappa shape index (κ1) is 19.4. The first-order valence-electron chi connectivity index (χ1n) is 9.23. The van der Waals surface area contributed by atoms with Gasteiger partial charge in [0, 0.05) is 44.9 Å². The Labute approximate surface area is 168 Å². The number of aryl methyl sites for hydroxylation is 2. The second kappa shape index (κ2) is 7.16. The lowest BCUT2D eigenvalue weighted by molar-refractivity contribution is 0.0698. The van der Waals surface area contributed by atoms with Gasteiger partial charge in [0.05, 0.1) is 10.4 Å². The van der Waals surface area contributed by atoms with E-state index in [1.54, 1.807) is 24.1 Å². The van der Waals surface area contributed by atoms with Gasteiger partial charge < -0.3 is 9.32 Å². The van der Waals surface area contributed by atoms with Crippen LogP contribution >= 0.6 is 0 Å². The molecule has 0 radical (unpaired) electrons. The number of benzene rings is 2. The van der Waals surface area contributed by atoms with Gasteiger partial charge in [-0.25, -0.2) is 13.2 Å². The molecule has 0 bridgehead atoms. The summed E-state index contributed by atoms with van der Waals surface area (Å²) in [6.07, 6.45) is 0. The minimum Gasteiger partial charge on any atom is -0.408 e. The average molecular weight is 415 g/mol. The van der Waals surface area contributed by atoms with Crippen molar-refractivity contribution in [3.8, 4) is 0 Å². The second-order valence-corrected chi connectivity index (χ2v) is 9.06. The quantitative estimate of drug-likeness (QED) is 0.648. The monoisotopic (exact) mass is 415 g/mol. The van der Waals surface area contributed by atoms with Crippen LogP contribution in [0.1, 0.15) is 15.9 Å². The highest BCUT2D eigenvalue weighted by molar-refractivity contribution is 7.89. The Kier molecular flexibility index (Phi) is 4.79. The molecule has 0 unspecified atom stereocenters. The summed E-state index contributed by atoms with van der Waals surface area (Å²) in [7, 11) is -2.19. The van der Waals surface area contributed by atoms with Crippen molar-refractivity contribution in [2.75, 3.05) is 26.2 Å². The zero-order chi connectivity index (χ0) is 20.8. The number of hydrogen-bond acceptors (Lipinski definition) is 5. The summed E-state index contributed by atoms with van der Waals surface area (Å²) >= 11 is 0. The molecule has 1 aliphatic heterocycles. The highest BCUT2D eigenvalue weighted by Crippen LogP contribution is 2.22. The molecular weight excluding hydrogens is 394 g/mol. The van der Waals surface area contributed by atoms with E-state index < -0.39 is 15.8 Å². The molecule has 0 spiro atoms. The van der Waals surface area contributed by atoms with Crippen molar-refractivity contribution in [2.24, 2.45) is 7.05 Å². The Balaban J connectivity index is 1.51. The molecule has 0 saturated carbocycles. The van der Waals surface area contributed by atoms with Crippen molar-refractivity contribution in [3.05, 3.63) is 64.1 Å². The lowest BCUT2D eigenvalue weighted by Crippen LogP contribution is -2.50. The summed E-state index contributed by atoms with van der Waals surface area (Å²) in [6, 6.07) is 11.8. The number of hydrogen-bond donors (Lipinski definition) is 0. The van der Waals surface area contributed by atoms with Gasteiger partial charge in [0.25, 0.3) is 5.91 Å². The van der Waals surface area contributed by atoms with Crippen LogP contribution in [-0.2, 0) is 17.1 Å². The Bertz CT molecular complexity index is 1250. The first-order chi connectivity index (χ1) is 13.8. The van der Waals surface area contributed by atoms with E-state index in [0.29, 0.717) is 24.2 Å². The van der Waals surface area contributed by atoms with Gasteiger partial charge in [-0.05, 0) is 31.2 Å². The van der Waals surface area contributed by atoms with Gasteiger partial charge in [-0.1, -0.05) is 17.7 Å². The zero-order valence-corrected chi connectivity index (χ0v) is 17.0. The van der Waals surface area contributed by atoms with Crippen LogP contribution in [0.2, 0.25) is 0 Å². The van der Waals surface area contributed by atoms with E-state index in [4.69, 9.17) is 4.42 Å². The molecule has 1 saturated heterocycles. The van der Waals surface area contributed by atoms with Crippen LogP contribution in [-0.4, -0.2) is 54.3 Å². The van der Waals surface area contributed by atoms with E-state index in [0.717, 1.165) is 5.56 Å². The van der Waals surface area contributed by atoms with Gasteiger partial charge in [-0.15, -0.1) is 0 Å². The van der Waals surface area contributed by atoms with Crippen LogP contribution in [0.25, 0.3) is 11.1 Å². The number of carbonyl (C=O) groups is 1. The fourth-order valence-corrected chi connectivity index (χ4v) is 4.95. The van der Waals surface area contributed by atoms with E-state index >= 15 is 0 Å². The number of nitrogens with zero attached hydrogens (tertiary/aromatic N) is 3. The lowest BCUT2D eigenvalue weighted by atomic mass is 10.1. The third-order valence-electron chi connectivity index (χ3n) is 5.19. The minimum absolute atomic E-state index is 0.0674. The van der Waals surface area contributed by atoms with Gasteiger partial charge in [0.15, 0.2) is 5.58 Å². The first-order valence-corrected chi connectivity index (χ1v) is 10.7. The standard InChI is InChI=1S/C20H21N3O5S/c1-14-4-3-5-15(12-14)19(24)22-8-10-23(11-9-22)29(26,27)16-6-7-17-18(13-16)28-20(25)21(17)2/h3-7,12-13H,8-11H2,1-2H3. The van der Waals surface area contributed by atoms with Gasteiger partial charge >= 0.3 is 5.76 Å². The summed E-state index contributed by atoms with van der Waals surface area (Å²) < 4.78 is 33.8. The minimum atomic E-state index is -3.75. The predicted molar refractivity (Wildman–Crippen MR) is 107 cm³/mol. The van der Waals surface area contributed by atoms with Gasteiger partial charge in [-0.2, -0.15) is 4.31 Å². The maximum Gasteiger partial charge on any atom is 0.419 e. The Morgan fingerprint density at radius 3 is 2.45 bits per heavy atom. The van der Waals surface area contributed by atoms with E-state index in [2.05, 4.69) is 0 Å². The Morgan fingerprint density at radius 2 is 1.76 bits per heavy atom. The van der Waals surface area contributed by atoms with Crippen LogP contribution in [0.3, 0.4) is 0 Å².